The summed E-state index contributed by atoms with van der Waals surface area (Å²) in [7, 11) is 3.86. The zero-order chi connectivity index (χ0) is 59.3. The lowest BCUT2D eigenvalue weighted by Gasteiger charge is -2.46. The van der Waals surface area contributed by atoms with Gasteiger partial charge in [0.1, 0.15) is 84.5 Å². The lowest BCUT2D eigenvalue weighted by molar-refractivity contribution is -0.358. The van der Waals surface area contributed by atoms with Gasteiger partial charge in [-0.05, 0) is 59.7 Å². The molecule has 3 fully saturated rings. The Bertz CT molecular complexity index is 3100. The van der Waals surface area contributed by atoms with Crippen molar-refractivity contribution >= 4 is 35.1 Å². The first-order valence-electron chi connectivity index (χ1n) is 24.8. The lowest BCUT2D eigenvalue weighted by atomic mass is 9.97. The van der Waals surface area contributed by atoms with E-state index in [1.807, 2.05) is 0 Å². The van der Waals surface area contributed by atoms with Crippen LogP contribution in [0.15, 0.2) is 83.3 Å². The highest BCUT2D eigenvalue weighted by Gasteiger charge is 2.54. The highest BCUT2D eigenvalue weighted by Crippen LogP contribution is 2.44. The van der Waals surface area contributed by atoms with Crippen molar-refractivity contribution in [3.63, 3.8) is 0 Å². The normalized spacial score (nSPS) is 28.4. The summed E-state index contributed by atoms with van der Waals surface area (Å²) in [5, 5.41) is 150. The standard InChI is InChI=1S/C54H58O28/c1-71-32-12-22(4-8-28(32)59)5-10-39(61)74-21-38-44(66)47(69)51(82-54-50(46(68)43(65)37(20-56)79-54)81-40(62)11-6-23-13-33(72-2)41(63)34(14-23)73-3)53(80-38)77-35-18-26-30(75-49(35)24-7-9-27(58)29(60)15-24)16-25(57)17-31(26)76-52-48(70)45(67)42(64)36(19-55)78-52/h4-18,36-38,42-48,50-56,64-70H,19-21H2,1-3H3,(H4-,57,58,59,60,61,62,63)/p+1. The molecule has 0 spiro atoms. The van der Waals surface area contributed by atoms with Gasteiger partial charge in [-0.15, -0.1) is 0 Å². The molecule has 15 atom stereocenters. The number of carbonyl (C=O) groups is 2. The van der Waals surface area contributed by atoms with Gasteiger partial charge in [-0.1, -0.05) is 6.07 Å². The Balaban J connectivity index is 1.18. The molecule has 0 radical (unpaired) electrons. The number of rotatable bonds is 19. The Kier molecular flexibility index (Phi) is 19.1. The van der Waals surface area contributed by atoms with E-state index in [1.54, 1.807) is 0 Å². The minimum atomic E-state index is -2.21. The quantitative estimate of drug-likeness (QED) is 0.0217. The number of esters is 2. The number of aliphatic hydroxyl groups is 9. The minimum Gasteiger partial charge on any atom is -0.507 e. The molecule has 4 heterocycles. The number of aromatic hydroxyl groups is 5. The van der Waals surface area contributed by atoms with Gasteiger partial charge in [0.25, 0.3) is 0 Å². The van der Waals surface area contributed by atoms with Gasteiger partial charge in [0, 0.05) is 30.4 Å². The molecule has 3 aliphatic heterocycles. The van der Waals surface area contributed by atoms with Gasteiger partial charge in [0.2, 0.25) is 24.1 Å². The first kappa shape index (κ1) is 60.3. The largest absolute Gasteiger partial charge is 0.507 e. The number of phenolic OH excluding ortho intramolecular Hbond substituents is 5. The zero-order valence-corrected chi connectivity index (χ0v) is 43.4. The van der Waals surface area contributed by atoms with Gasteiger partial charge < -0.3 is 124 Å². The smallest absolute Gasteiger partial charge is 0.402 e. The molecule has 15 unspecified atom stereocenters. The van der Waals surface area contributed by atoms with Gasteiger partial charge in [-0.25, -0.2) is 14.0 Å². The molecule has 28 nitrogen and oxygen atoms in total. The van der Waals surface area contributed by atoms with Gasteiger partial charge in [-0.3, -0.25) is 0 Å². The Morgan fingerprint density at radius 2 is 1.11 bits per heavy atom. The van der Waals surface area contributed by atoms with Crippen LogP contribution in [0.5, 0.6) is 57.5 Å². The highest BCUT2D eigenvalue weighted by molar-refractivity contribution is 5.90. The number of aliphatic hydroxyl groups excluding tert-OH is 9. The average molecular weight is 1160 g/mol. The topological polar surface area (TPSA) is 430 Å². The van der Waals surface area contributed by atoms with Crippen molar-refractivity contribution < 1.29 is 138 Å². The van der Waals surface area contributed by atoms with Gasteiger partial charge in [0.15, 0.2) is 53.0 Å². The Hall–Kier alpha value is -7.81. The zero-order valence-electron chi connectivity index (χ0n) is 43.4. The second-order valence-electron chi connectivity index (χ2n) is 18.7. The van der Waals surface area contributed by atoms with Crippen LogP contribution in [0, 0.1) is 0 Å². The third-order valence-corrected chi connectivity index (χ3v) is 13.3. The van der Waals surface area contributed by atoms with Crippen molar-refractivity contribution in [1.29, 1.82) is 0 Å². The minimum absolute atomic E-state index is 0.0293. The Morgan fingerprint density at radius 3 is 1.77 bits per heavy atom. The number of ether oxygens (including phenoxy) is 11. The van der Waals surface area contributed by atoms with Crippen molar-refractivity contribution in [2.75, 3.05) is 41.2 Å². The molecule has 5 aromatic rings. The summed E-state index contributed by atoms with van der Waals surface area (Å²) in [6.45, 7) is -2.63. The molecule has 0 saturated carbocycles. The molecule has 3 saturated heterocycles. The van der Waals surface area contributed by atoms with Crippen molar-refractivity contribution in [3.05, 3.63) is 90.0 Å². The SMILES string of the molecule is COc1cc(/C=C/C(=O)OCC2OC(Oc3cc4c(OC5OC(CO)C(O)C(O)C5O)cc(O)cc4[o+]c3-c3ccc(O)c(O)c3)C(OC3OC(CO)C(O)C(O)C3OC(=O)/C=C/c3cc(OC)c(O)c(OC)c3)C(O)C2O)ccc1O. The summed E-state index contributed by atoms with van der Waals surface area (Å²) >= 11 is 0. The predicted octanol–water partition coefficient (Wildman–Crippen LogP) is -0.355. The van der Waals surface area contributed by atoms with Crippen molar-refractivity contribution in [1.82, 2.24) is 0 Å². The monoisotopic (exact) mass is 1160 g/mol. The number of methoxy groups -OCH3 is 3. The van der Waals surface area contributed by atoms with E-state index in [0.29, 0.717) is 5.56 Å². The average Bonchev–Trinajstić information content (AvgIpc) is 3.62. The first-order chi connectivity index (χ1) is 39.2. The third kappa shape index (κ3) is 13.1. The predicted molar refractivity (Wildman–Crippen MR) is 274 cm³/mol. The maximum Gasteiger partial charge on any atom is 0.402 e. The van der Waals surface area contributed by atoms with E-state index >= 15 is 0 Å². The summed E-state index contributed by atoms with van der Waals surface area (Å²) in [4.78, 5) is 26.7. The van der Waals surface area contributed by atoms with Crippen LogP contribution >= 0.6 is 0 Å². The summed E-state index contributed by atoms with van der Waals surface area (Å²) in [6.07, 6.45) is -24.6. The van der Waals surface area contributed by atoms with E-state index in [2.05, 4.69) is 0 Å². The number of hydrogen-bond donors (Lipinski definition) is 14. The van der Waals surface area contributed by atoms with Crippen molar-refractivity contribution in [2.45, 2.75) is 92.1 Å². The number of fused-ring (bicyclic) bond motifs is 1. The summed E-state index contributed by atoms with van der Waals surface area (Å²) in [5.41, 5.74) is 0.345. The van der Waals surface area contributed by atoms with Crippen LogP contribution in [-0.2, 0) is 38.0 Å². The van der Waals surface area contributed by atoms with E-state index in [1.165, 1.54) is 75.9 Å². The van der Waals surface area contributed by atoms with E-state index in [-0.39, 0.29) is 62.4 Å². The second kappa shape index (κ2) is 26.0. The maximum absolute atomic E-state index is 13.5. The highest BCUT2D eigenvalue weighted by atomic mass is 16.8. The number of carbonyl (C=O) groups excluding carboxylic acids is 2. The van der Waals surface area contributed by atoms with Crippen LogP contribution in [0.25, 0.3) is 34.4 Å². The first-order valence-corrected chi connectivity index (χ1v) is 24.8. The molecule has 8 rings (SSSR count). The van der Waals surface area contributed by atoms with Crippen LogP contribution in [0.4, 0.5) is 0 Å². The third-order valence-electron chi connectivity index (χ3n) is 13.3. The Morgan fingerprint density at radius 1 is 0.537 bits per heavy atom. The molecule has 442 valence electrons. The molecule has 3 aliphatic rings. The number of benzene rings is 4. The van der Waals surface area contributed by atoms with Crippen molar-refractivity contribution in [3.8, 4) is 68.8 Å². The van der Waals surface area contributed by atoms with Crippen molar-refractivity contribution in [2.24, 2.45) is 0 Å². The summed E-state index contributed by atoms with van der Waals surface area (Å²) in [5.74, 6) is -5.66. The second-order valence-corrected chi connectivity index (χ2v) is 18.7. The van der Waals surface area contributed by atoms with Gasteiger partial charge >= 0.3 is 23.3 Å². The number of phenols is 5. The molecular formula is C54H59O28+. The molecule has 1 aromatic heterocycles. The van der Waals surface area contributed by atoms with Crippen LogP contribution in [-0.4, -0.2) is 217 Å². The number of hydrogen-bond acceptors (Lipinski definition) is 27. The van der Waals surface area contributed by atoms with E-state index in [4.69, 9.17) is 56.5 Å². The molecular weight excluding hydrogens is 1100 g/mol. The molecule has 0 bridgehead atoms. The molecule has 82 heavy (non-hydrogen) atoms. The fourth-order valence-corrected chi connectivity index (χ4v) is 8.89. The lowest BCUT2D eigenvalue weighted by Crippen LogP contribution is -2.65. The van der Waals surface area contributed by atoms with Gasteiger partial charge in [-0.2, -0.15) is 0 Å². The molecule has 14 N–H and O–H groups in total. The van der Waals surface area contributed by atoms with Crippen LogP contribution in [0.2, 0.25) is 0 Å². The Labute approximate surface area is 463 Å². The van der Waals surface area contributed by atoms with E-state index < -0.39 is 147 Å². The maximum atomic E-state index is 13.5. The molecule has 0 amide bonds. The van der Waals surface area contributed by atoms with E-state index in [9.17, 15) is 81.1 Å². The molecule has 4 aromatic carbocycles. The van der Waals surface area contributed by atoms with E-state index in [0.717, 1.165) is 36.4 Å². The molecule has 0 aliphatic carbocycles. The fourth-order valence-electron chi connectivity index (χ4n) is 8.89. The fraction of sp³-hybridized carbons (Fsp3) is 0.389. The van der Waals surface area contributed by atoms with Crippen LogP contribution in [0.1, 0.15) is 11.1 Å². The molecule has 28 heteroatoms. The van der Waals surface area contributed by atoms with Gasteiger partial charge in [0.05, 0.1) is 46.2 Å². The van der Waals surface area contributed by atoms with Crippen LogP contribution in [0.3, 0.4) is 0 Å². The summed E-state index contributed by atoms with van der Waals surface area (Å²) < 4.78 is 68.8. The van der Waals surface area contributed by atoms with Crippen LogP contribution < -0.4 is 23.7 Å². The summed E-state index contributed by atoms with van der Waals surface area (Å²) in [6, 6.07) is 13.5.